The van der Waals surface area contributed by atoms with E-state index in [9.17, 15) is 4.79 Å². The molecule has 2 aromatic carbocycles. The molecular weight excluding hydrogens is 300 g/mol. The normalized spacial score (nSPS) is 12.5. The second-order valence-corrected chi connectivity index (χ2v) is 6.33. The van der Waals surface area contributed by atoms with E-state index in [1.165, 1.54) is 5.56 Å². The number of aryl methyl sites for hydroxylation is 2. The van der Waals surface area contributed by atoms with E-state index in [4.69, 9.17) is 10.8 Å². The number of carbonyl (C=O) groups is 1. The van der Waals surface area contributed by atoms with Gasteiger partial charge in [0.05, 0.1) is 0 Å². The van der Waals surface area contributed by atoms with Crippen molar-refractivity contribution in [2.45, 2.75) is 26.3 Å². The van der Waals surface area contributed by atoms with Crippen molar-refractivity contribution in [3.63, 3.8) is 0 Å². The van der Waals surface area contributed by atoms with Crippen LogP contribution in [0, 0.1) is 13.8 Å². The van der Waals surface area contributed by atoms with Gasteiger partial charge in [0.25, 0.3) is 0 Å². The summed E-state index contributed by atoms with van der Waals surface area (Å²) in [5, 5.41) is 10.3. The lowest BCUT2D eigenvalue weighted by Crippen LogP contribution is -2.32. The molecule has 3 rings (SSSR count). The van der Waals surface area contributed by atoms with E-state index in [2.05, 4.69) is 35.8 Å². The van der Waals surface area contributed by atoms with Crippen molar-refractivity contribution in [1.82, 2.24) is 4.57 Å². The van der Waals surface area contributed by atoms with Gasteiger partial charge < -0.3 is 15.4 Å². The number of aliphatic carboxylic acids is 1. The number of carboxylic acids is 1. The summed E-state index contributed by atoms with van der Waals surface area (Å²) < 4.78 is 2.12. The molecule has 3 N–H and O–H groups in total. The Hall–Kier alpha value is -2.59. The van der Waals surface area contributed by atoms with Crippen molar-refractivity contribution in [1.29, 1.82) is 0 Å². The number of nitrogens with zero attached hydrogens (tertiary/aromatic N) is 1. The first-order chi connectivity index (χ1) is 11.4. The van der Waals surface area contributed by atoms with E-state index in [-0.39, 0.29) is 0 Å². The summed E-state index contributed by atoms with van der Waals surface area (Å²) in [6.45, 7) is 4.09. The van der Waals surface area contributed by atoms with E-state index in [1.807, 2.05) is 32.2 Å². The lowest BCUT2D eigenvalue weighted by molar-refractivity contribution is -0.138. The first-order valence-corrected chi connectivity index (χ1v) is 8.02. The standard InChI is InChI=1S/C20H22N2O2/c1-12-9-15(14-7-5-4-6-8-14)10-18-19(12)16(13(2)22(18)3)11-17(21)20(23)24/h4-10,17H,11,21H2,1-3H3,(H,23,24). The van der Waals surface area contributed by atoms with Gasteiger partial charge in [0, 0.05) is 30.1 Å². The van der Waals surface area contributed by atoms with Gasteiger partial charge >= 0.3 is 5.97 Å². The number of hydrogen-bond acceptors (Lipinski definition) is 2. The third-order valence-corrected chi connectivity index (χ3v) is 4.77. The first kappa shape index (κ1) is 16.3. The molecule has 0 saturated heterocycles. The van der Waals surface area contributed by atoms with Crippen LogP contribution in [0.2, 0.25) is 0 Å². The van der Waals surface area contributed by atoms with Gasteiger partial charge in [0.2, 0.25) is 0 Å². The molecule has 4 nitrogen and oxygen atoms in total. The molecular formula is C20H22N2O2. The predicted octanol–water partition coefficient (Wildman–Crippen LogP) is 3.42. The summed E-state index contributed by atoms with van der Waals surface area (Å²) in [5.74, 6) is -0.968. The highest BCUT2D eigenvalue weighted by Crippen LogP contribution is 2.33. The van der Waals surface area contributed by atoms with Crippen molar-refractivity contribution in [3.8, 4) is 11.1 Å². The van der Waals surface area contributed by atoms with Gasteiger partial charge in [0.15, 0.2) is 0 Å². The van der Waals surface area contributed by atoms with Crippen LogP contribution in [0.1, 0.15) is 16.8 Å². The minimum atomic E-state index is -0.968. The molecule has 1 atom stereocenters. The first-order valence-electron chi connectivity index (χ1n) is 8.02. The molecule has 0 aliphatic carbocycles. The zero-order valence-corrected chi connectivity index (χ0v) is 14.2. The zero-order chi connectivity index (χ0) is 17.4. The predicted molar refractivity (Wildman–Crippen MR) is 97.1 cm³/mol. The van der Waals surface area contributed by atoms with Gasteiger partial charge in [-0.2, -0.15) is 0 Å². The maximum absolute atomic E-state index is 11.2. The number of aromatic nitrogens is 1. The zero-order valence-electron chi connectivity index (χ0n) is 14.2. The highest BCUT2D eigenvalue weighted by molar-refractivity contribution is 5.93. The average molecular weight is 322 g/mol. The smallest absolute Gasteiger partial charge is 0.320 e. The van der Waals surface area contributed by atoms with Gasteiger partial charge in [-0.1, -0.05) is 36.4 Å². The molecule has 0 spiro atoms. The van der Waals surface area contributed by atoms with Gasteiger partial charge in [-0.05, 0) is 42.2 Å². The van der Waals surface area contributed by atoms with Crippen LogP contribution in [0.25, 0.3) is 22.0 Å². The average Bonchev–Trinajstić information content (AvgIpc) is 2.81. The highest BCUT2D eigenvalue weighted by atomic mass is 16.4. The molecule has 0 aliphatic rings. The fourth-order valence-electron chi connectivity index (χ4n) is 3.34. The van der Waals surface area contributed by atoms with Crippen LogP contribution in [-0.2, 0) is 18.3 Å². The van der Waals surface area contributed by atoms with Crippen LogP contribution in [0.5, 0.6) is 0 Å². The number of fused-ring (bicyclic) bond motifs is 1. The largest absolute Gasteiger partial charge is 0.480 e. The molecule has 0 amide bonds. The van der Waals surface area contributed by atoms with Crippen molar-refractivity contribution >= 4 is 16.9 Å². The fourth-order valence-corrected chi connectivity index (χ4v) is 3.34. The minimum Gasteiger partial charge on any atom is -0.480 e. The third kappa shape index (κ3) is 2.69. The summed E-state index contributed by atoms with van der Waals surface area (Å²) in [7, 11) is 2.02. The Morgan fingerprint density at radius 1 is 1.17 bits per heavy atom. The van der Waals surface area contributed by atoms with Gasteiger partial charge in [0.1, 0.15) is 6.04 Å². The third-order valence-electron chi connectivity index (χ3n) is 4.77. The minimum absolute atomic E-state index is 0.337. The van der Waals surface area contributed by atoms with Crippen molar-refractivity contribution in [3.05, 3.63) is 59.3 Å². The number of hydrogen-bond donors (Lipinski definition) is 2. The molecule has 0 aliphatic heterocycles. The van der Waals surface area contributed by atoms with Crippen molar-refractivity contribution in [2.24, 2.45) is 12.8 Å². The Bertz CT molecular complexity index is 911. The number of carboxylic acid groups (broad SMARTS) is 1. The van der Waals surface area contributed by atoms with Crippen LogP contribution in [0.15, 0.2) is 42.5 Å². The van der Waals surface area contributed by atoms with Crippen molar-refractivity contribution < 1.29 is 9.90 Å². The fraction of sp³-hybridized carbons (Fsp3) is 0.250. The second-order valence-electron chi connectivity index (χ2n) is 6.33. The second kappa shape index (κ2) is 6.13. The molecule has 0 bridgehead atoms. The molecule has 124 valence electrons. The van der Waals surface area contributed by atoms with E-state index in [1.54, 1.807) is 0 Å². The molecule has 4 heteroatoms. The summed E-state index contributed by atoms with van der Waals surface area (Å²) in [6, 6.07) is 13.7. The van der Waals surface area contributed by atoms with E-state index >= 15 is 0 Å². The summed E-state index contributed by atoms with van der Waals surface area (Å²) >= 11 is 0. The molecule has 0 radical (unpaired) electrons. The Morgan fingerprint density at radius 3 is 2.46 bits per heavy atom. The van der Waals surface area contributed by atoms with E-state index in [0.29, 0.717) is 6.42 Å². The monoisotopic (exact) mass is 322 g/mol. The number of rotatable bonds is 4. The maximum Gasteiger partial charge on any atom is 0.320 e. The van der Waals surface area contributed by atoms with Crippen molar-refractivity contribution in [2.75, 3.05) is 0 Å². The maximum atomic E-state index is 11.2. The molecule has 0 saturated carbocycles. The molecule has 1 aromatic heterocycles. The van der Waals surface area contributed by atoms with Crippen LogP contribution >= 0.6 is 0 Å². The summed E-state index contributed by atoms with van der Waals surface area (Å²) in [4.78, 5) is 11.2. The van der Waals surface area contributed by atoms with Gasteiger partial charge in [-0.15, -0.1) is 0 Å². The number of nitrogens with two attached hydrogens (primary N) is 1. The van der Waals surface area contributed by atoms with Crippen LogP contribution in [0.3, 0.4) is 0 Å². The number of benzene rings is 2. The Morgan fingerprint density at radius 2 is 1.83 bits per heavy atom. The van der Waals surface area contributed by atoms with Gasteiger partial charge in [-0.3, -0.25) is 4.79 Å². The van der Waals surface area contributed by atoms with Crippen LogP contribution in [-0.4, -0.2) is 21.7 Å². The SMILES string of the molecule is Cc1cc(-c2ccccc2)cc2c1c(CC(N)C(=O)O)c(C)n2C. The lowest BCUT2D eigenvalue weighted by Gasteiger charge is -2.09. The lowest BCUT2D eigenvalue weighted by atomic mass is 9.96. The van der Waals surface area contributed by atoms with E-state index < -0.39 is 12.0 Å². The summed E-state index contributed by atoms with van der Waals surface area (Å²) in [6.07, 6.45) is 0.337. The molecule has 3 aromatic rings. The Balaban J connectivity index is 2.20. The topological polar surface area (TPSA) is 68.2 Å². The van der Waals surface area contributed by atoms with E-state index in [0.717, 1.165) is 33.3 Å². The molecule has 1 heterocycles. The Labute approximate surface area is 141 Å². The summed E-state index contributed by atoms with van der Waals surface area (Å²) in [5.41, 5.74) is 12.5. The molecule has 0 fully saturated rings. The molecule has 1 unspecified atom stereocenters. The quantitative estimate of drug-likeness (QED) is 0.773. The van der Waals surface area contributed by atoms with Crippen LogP contribution in [0.4, 0.5) is 0 Å². The van der Waals surface area contributed by atoms with Gasteiger partial charge in [-0.25, -0.2) is 0 Å². The Kier molecular flexibility index (Phi) is 4.16. The van der Waals surface area contributed by atoms with Crippen LogP contribution < -0.4 is 5.73 Å². The highest BCUT2D eigenvalue weighted by Gasteiger charge is 2.20. The molecule has 24 heavy (non-hydrogen) atoms.